The number of benzene rings is 2. The number of rotatable bonds is 5. The first-order chi connectivity index (χ1) is 11.6. The summed E-state index contributed by atoms with van der Waals surface area (Å²) >= 11 is 0. The van der Waals surface area contributed by atoms with Crippen LogP contribution in [0.5, 0.6) is 5.75 Å². The van der Waals surface area contributed by atoms with Crippen molar-refractivity contribution in [2.45, 2.75) is 24.8 Å². The van der Waals surface area contributed by atoms with E-state index in [1.54, 1.807) is 14.2 Å². The molecule has 1 N–H and O–H groups in total. The summed E-state index contributed by atoms with van der Waals surface area (Å²) in [7, 11) is 5.29. The number of fused-ring (bicyclic) bond motifs is 1. The predicted octanol–water partition coefficient (Wildman–Crippen LogP) is 2.05. The van der Waals surface area contributed by atoms with Crippen LogP contribution in [0.25, 0.3) is 10.8 Å². The van der Waals surface area contributed by atoms with E-state index < -0.39 is 6.10 Å². The van der Waals surface area contributed by atoms with Gasteiger partial charge in [0.25, 0.3) is 0 Å². The summed E-state index contributed by atoms with van der Waals surface area (Å²) in [6, 6.07) is 12.4. The second-order valence-corrected chi connectivity index (χ2v) is 6.33. The number of aliphatic hydroxyl groups excluding tert-OH is 1. The highest BCUT2D eigenvalue weighted by Crippen LogP contribution is 2.23. The first kappa shape index (κ1) is 17.2. The highest BCUT2D eigenvalue weighted by molar-refractivity contribution is 5.84. The molecule has 130 valence electrons. The maximum atomic E-state index is 10.4. The van der Waals surface area contributed by atoms with Gasteiger partial charge in [-0.2, -0.15) is 0 Å². The van der Waals surface area contributed by atoms with Crippen molar-refractivity contribution in [2.75, 3.05) is 34.5 Å². The van der Waals surface area contributed by atoms with Gasteiger partial charge in [0.1, 0.15) is 18.0 Å². The zero-order valence-corrected chi connectivity index (χ0v) is 14.4. The van der Waals surface area contributed by atoms with Gasteiger partial charge in [-0.1, -0.05) is 18.2 Å². The molecule has 5 nitrogen and oxygen atoms in total. The molecule has 2 aromatic rings. The van der Waals surface area contributed by atoms with Crippen molar-refractivity contribution in [3.63, 3.8) is 0 Å². The van der Waals surface area contributed by atoms with Crippen molar-refractivity contribution in [2.24, 2.45) is 0 Å². The maximum absolute atomic E-state index is 10.4. The van der Waals surface area contributed by atoms with E-state index in [4.69, 9.17) is 14.2 Å². The first-order valence-corrected chi connectivity index (χ1v) is 8.18. The number of likely N-dealkylation sites (N-methyl/N-ethyl adjacent to an activating group) is 1. The zero-order valence-electron chi connectivity index (χ0n) is 14.4. The minimum atomic E-state index is -0.543. The van der Waals surface area contributed by atoms with E-state index in [1.807, 2.05) is 19.2 Å². The SMILES string of the molecule is COc1ccc2cc(CN(C)[C@@H]3COC[C@@H](OC)[C@H]3O)ccc2c1. The standard InChI is InChI=1S/C19H25NO4/c1-20(17-11-24-12-18(23-3)19(17)21)10-13-4-5-15-9-16(22-2)7-6-14(15)8-13/h4-9,17-19,21H,10-12H2,1-3H3/t17-,18-,19+/m1/s1. The van der Waals surface area contributed by atoms with E-state index in [9.17, 15) is 5.11 Å². The summed E-state index contributed by atoms with van der Waals surface area (Å²) in [6.45, 7) is 1.70. The Morgan fingerprint density at radius 1 is 1.12 bits per heavy atom. The lowest BCUT2D eigenvalue weighted by Crippen LogP contribution is -2.55. The molecule has 3 atom stereocenters. The fraction of sp³-hybridized carbons (Fsp3) is 0.474. The van der Waals surface area contributed by atoms with Crippen LogP contribution in [0.4, 0.5) is 0 Å². The van der Waals surface area contributed by atoms with Crippen LogP contribution < -0.4 is 4.74 Å². The quantitative estimate of drug-likeness (QED) is 0.909. The van der Waals surface area contributed by atoms with Crippen LogP contribution in [-0.4, -0.2) is 62.7 Å². The molecule has 5 heteroatoms. The molecule has 0 unspecified atom stereocenters. The van der Waals surface area contributed by atoms with Crippen LogP contribution in [0.1, 0.15) is 5.56 Å². The van der Waals surface area contributed by atoms with Gasteiger partial charge in [0, 0.05) is 13.7 Å². The van der Waals surface area contributed by atoms with Gasteiger partial charge >= 0.3 is 0 Å². The molecule has 2 aromatic carbocycles. The molecule has 1 saturated heterocycles. The molecule has 1 fully saturated rings. The van der Waals surface area contributed by atoms with E-state index in [0.29, 0.717) is 13.2 Å². The van der Waals surface area contributed by atoms with Crippen molar-refractivity contribution in [1.82, 2.24) is 4.90 Å². The number of methoxy groups -OCH3 is 2. The summed E-state index contributed by atoms with van der Waals surface area (Å²) in [4.78, 5) is 2.13. The molecule has 0 aromatic heterocycles. The van der Waals surface area contributed by atoms with E-state index in [0.717, 1.165) is 17.7 Å². The molecule has 1 aliphatic rings. The van der Waals surface area contributed by atoms with Gasteiger partial charge in [0.2, 0.25) is 0 Å². The zero-order chi connectivity index (χ0) is 17.1. The molecular weight excluding hydrogens is 306 g/mol. The molecule has 1 heterocycles. The Labute approximate surface area is 142 Å². The Balaban J connectivity index is 1.74. The predicted molar refractivity (Wildman–Crippen MR) is 93.4 cm³/mol. The molecule has 0 radical (unpaired) electrons. The Bertz CT molecular complexity index is 690. The number of hydrogen-bond donors (Lipinski definition) is 1. The average Bonchev–Trinajstić information content (AvgIpc) is 2.61. The van der Waals surface area contributed by atoms with Gasteiger partial charge in [0.05, 0.1) is 26.4 Å². The second-order valence-electron chi connectivity index (χ2n) is 6.33. The third-order valence-corrected chi connectivity index (χ3v) is 4.76. The largest absolute Gasteiger partial charge is 0.497 e. The normalized spacial score (nSPS) is 24.5. The summed E-state index contributed by atoms with van der Waals surface area (Å²) in [5.41, 5.74) is 1.20. The van der Waals surface area contributed by atoms with Gasteiger partial charge in [0.15, 0.2) is 0 Å². The highest BCUT2D eigenvalue weighted by Gasteiger charge is 2.35. The van der Waals surface area contributed by atoms with Crippen molar-refractivity contribution >= 4 is 10.8 Å². The third kappa shape index (κ3) is 3.54. The maximum Gasteiger partial charge on any atom is 0.119 e. The van der Waals surface area contributed by atoms with Gasteiger partial charge in [-0.25, -0.2) is 0 Å². The van der Waals surface area contributed by atoms with E-state index in [2.05, 4.69) is 29.2 Å². The lowest BCUT2D eigenvalue weighted by atomic mass is 10.0. The van der Waals surface area contributed by atoms with Crippen molar-refractivity contribution < 1.29 is 19.3 Å². The summed E-state index contributed by atoms with van der Waals surface area (Å²) in [6.07, 6.45) is -0.811. The molecule has 1 aliphatic heterocycles. The van der Waals surface area contributed by atoms with Crippen LogP contribution in [0.2, 0.25) is 0 Å². The monoisotopic (exact) mass is 331 g/mol. The van der Waals surface area contributed by atoms with Crippen LogP contribution >= 0.6 is 0 Å². The molecular formula is C19H25NO4. The third-order valence-electron chi connectivity index (χ3n) is 4.76. The Morgan fingerprint density at radius 3 is 2.62 bits per heavy atom. The molecule has 0 amide bonds. The van der Waals surface area contributed by atoms with E-state index in [-0.39, 0.29) is 12.1 Å². The van der Waals surface area contributed by atoms with Crippen LogP contribution in [0, 0.1) is 0 Å². The highest BCUT2D eigenvalue weighted by atomic mass is 16.5. The van der Waals surface area contributed by atoms with Crippen LogP contribution in [-0.2, 0) is 16.0 Å². The summed E-state index contributed by atoms with van der Waals surface area (Å²) in [5, 5.41) is 12.8. The number of aliphatic hydroxyl groups is 1. The molecule has 3 rings (SSSR count). The molecule has 0 bridgehead atoms. The van der Waals surface area contributed by atoms with E-state index >= 15 is 0 Å². The lowest BCUT2D eigenvalue weighted by molar-refractivity contribution is -0.142. The van der Waals surface area contributed by atoms with Gasteiger partial charge in [-0.3, -0.25) is 4.90 Å². The Morgan fingerprint density at radius 2 is 1.88 bits per heavy atom. The first-order valence-electron chi connectivity index (χ1n) is 8.18. The Kier molecular flexibility index (Phi) is 5.36. The van der Waals surface area contributed by atoms with Gasteiger partial charge in [-0.05, 0) is 41.6 Å². The number of ether oxygens (including phenoxy) is 3. The van der Waals surface area contributed by atoms with Crippen LogP contribution in [0.3, 0.4) is 0 Å². The number of hydrogen-bond acceptors (Lipinski definition) is 5. The smallest absolute Gasteiger partial charge is 0.119 e. The average molecular weight is 331 g/mol. The minimum Gasteiger partial charge on any atom is -0.497 e. The molecule has 0 aliphatic carbocycles. The van der Waals surface area contributed by atoms with Crippen LogP contribution in [0.15, 0.2) is 36.4 Å². The molecule has 0 spiro atoms. The van der Waals surface area contributed by atoms with Gasteiger partial charge in [-0.15, -0.1) is 0 Å². The summed E-state index contributed by atoms with van der Waals surface area (Å²) < 4.78 is 16.1. The fourth-order valence-electron chi connectivity index (χ4n) is 3.25. The topological polar surface area (TPSA) is 51.2 Å². The van der Waals surface area contributed by atoms with Crippen molar-refractivity contribution in [3.05, 3.63) is 42.0 Å². The summed E-state index contributed by atoms with van der Waals surface area (Å²) in [5.74, 6) is 0.862. The van der Waals surface area contributed by atoms with Gasteiger partial charge < -0.3 is 19.3 Å². The molecule has 24 heavy (non-hydrogen) atoms. The lowest BCUT2D eigenvalue weighted by Gasteiger charge is -2.39. The minimum absolute atomic E-state index is 0.0738. The second kappa shape index (κ2) is 7.49. The number of nitrogens with zero attached hydrogens (tertiary/aromatic N) is 1. The fourth-order valence-corrected chi connectivity index (χ4v) is 3.25. The van der Waals surface area contributed by atoms with Crippen molar-refractivity contribution in [1.29, 1.82) is 0 Å². The molecule has 0 saturated carbocycles. The van der Waals surface area contributed by atoms with Crippen molar-refractivity contribution in [3.8, 4) is 5.75 Å². The Hall–Kier alpha value is -1.66. The van der Waals surface area contributed by atoms with E-state index in [1.165, 1.54) is 10.9 Å².